The molecule has 58 valence electrons. The van der Waals surface area contributed by atoms with Gasteiger partial charge >= 0.3 is 53.1 Å². The summed E-state index contributed by atoms with van der Waals surface area (Å²) in [4.78, 5) is 17.2. The van der Waals surface area contributed by atoms with Crippen LogP contribution in [0.2, 0.25) is 0 Å². The van der Waals surface area contributed by atoms with Crippen LogP contribution in [0.15, 0.2) is 30.3 Å². The van der Waals surface area contributed by atoms with Gasteiger partial charge in [0.15, 0.2) is 0 Å². The molecule has 0 saturated heterocycles. The summed E-state index contributed by atoms with van der Waals surface area (Å²) in [6.45, 7) is 0. The van der Waals surface area contributed by atoms with Crippen molar-refractivity contribution in [2.75, 3.05) is 0 Å². The monoisotopic (exact) mass is 248 g/mol. The van der Waals surface area contributed by atoms with Crippen LogP contribution in [0.1, 0.15) is 0 Å². The minimum atomic E-state index is -4.02. The Labute approximate surface area is 102 Å². The third kappa shape index (κ3) is 3.85. The summed E-state index contributed by atoms with van der Waals surface area (Å²) in [6, 6.07) is 7.70. The van der Waals surface area contributed by atoms with Crippen LogP contribution in [0, 0.1) is 0 Å². The molecule has 0 aromatic heterocycles. The molecule has 0 aliphatic carbocycles. The first-order valence-electron chi connectivity index (χ1n) is 2.72. The fourth-order valence-corrected chi connectivity index (χ4v) is 1.18. The quantitative estimate of drug-likeness (QED) is 0.523. The van der Waals surface area contributed by atoms with Crippen molar-refractivity contribution in [3.05, 3.63) is 30.3 Å². The van der Waals surface area contributed by atoms with Gasteiger partial charge in [-0.2, -0.15) is 0 Å². The summed E-state index contributed by atoms with van der Waals surface area (Å²) in [5, 5.41) is 0.0648. The summed E-state index contributed by atoms with van der Waals surface area (Å²) in [5.41, 5.74) is 0. The van der Waals surface area contributed by atoms with Crippen molar-refractivity contribution < 1.29 is 14.4 Å². The second kappa shape index (κ2) is 4.77. The number of rotatable bonds is 1. The van der Waals surface area contributed by atoms with Crippen molar-refractivity contribution in [1.82, 2.24) is 0 Å². The molecule has 0 bridgehead atoms. The minimum absolute atomic E-state index is 0. The number of benzene rings is 1. The molecule has 0 spiro atoms. The molecule has 0 aliphatic heterocycles. The maximum atomic E-state index is 10.5. The van der Waals surface area contributed by atoms with E-state index in [1.54, 1.807) is 18.2 Å². The molecule has 5 heteroatoms. The van der Waals surface area contributed by atoms with Crippen molar-refractivity contribution in [2.24, 2.45) is 0 Å². The normalized spacial score (nSPS) is 10.4. The zero-order valence-electron chi connectivity index (χ0n) is 5.14. The van der Waals surface area contributed by atoms with E-state index in [2.05, 4.69) is 0 Å². The topological polar surface area (TPSA) is 57.5 Å². The average Bonchev–Trinajstić information content (AvgIpc) is 1.88. The number of hydrogen-bond donors (Lipinski definition) is 2. The zero-order chi connectivity index (χ0) is 7.61. The standard InChI is InChI=1S/C6H7O3P.Sr.2H/c7-10(8,9)6-4-2-1-3-5-6;;;/h1-5H,(H2,7,8,9);;;. The predicted octanol–water partition coefficient (Wildman–Crippen LogP) is -0.427. The Balaban J connectivity index is 0.000001000. The van der Waals surface area contributed by atoms with Crippen molar-refractivity contribution in [3.8, 4) is 0 Å². The molecule has 11 heavy (non-hydrogen) atoms. The van der Waals surface area contributed by atoms with Crippen LogP contribution < -0.4 is 5.30 Å². The average molecular weight is 248 g/mol. The van der Waals surface area contributed by atoms with Gasteiger partial charge in [0.05, 0.1) is 5.30 Å². The van der Waals surface area contributed by atoms with Crippen molar-refractivity contribution in [3.63, 3.8) is 0 Å². The SMILES string of the molecule is O=P(O)(O)c1ccccc1.[SrH2]. The van der Waals surface area contributed by atoms with E-state index in [-0.39, 0.29) is 50.8 Å². The first-order valence-corrected chi connectivity index (χ1v) is 4.33. The first-order chi connectivity index (χ1) is 4.61. The van der Waals surface area contributed by atoms with E-state index in [0.717, 1.165) is 0 Å². The van der Waals surface area contributed by atoms with Gasteiger partial charge in [-0.25, -0.2) is 0 Å². The van der Waals surface area contributed by atoms with Gasteiger partial charge in [0.25, 0.3) is 0 Å². The molecule has 0 fully saturated rings. The Kier molecular flexibility index (Phi) is 5.14. The van der Waals surface area contributed by atoms with Gasteiger partial charge in [-0.1, -0.05) is 18.2 Å². The molecular formula is C6H9O3PSr. The molecule has 0 unspecified atom stereocenters. The molecular weight excluding hydrogens is 239 g/mol. The van der Waals surface area contributed by atoms with Gasteiger partial charge < -0.3 is 9.79 Å². The Bertz CT molecular complexity index is 256. The maximum absolute atomic E-state index is 10.5. The summed E-state index contributed by atoms with van der Waals surface area (Å²) in [6.07, 6.45) is 0. The van der Waals surface area contributed by atoms with Crippen molar-refractivity contribution in [2.45, 2.75) is 0 Å². The molecule has 0 saturated carbocycles. The van der Waals surface area contributed by atoms with Crippen LogP contribution in [-0.4, -0.2) is 55.3 Å². The molecule has 1 rings (SSSR count). The van der Waals surface area contributed by atoms with Crippen LogP contribution >= 0.6 is 7.60 Å². The molecule has 0 heterocycles. The van der Waals surface area contributed by atoms with Gasteiger partial charge in [0, 0.05) is 0 Å². The van der Waals surface area contributed by atoms with Crippen molar-refractivity contribution >= 4 is 58.4 Å². The van der Waals surface area contributed by atoms with Gasteiger partial charge in [0.2, 0.25) is 0 Å². The zero-order valence-corrected chi connectivity index (χ0v) is 6.03. The van der Waals surface area contributed by atoms with Gasteiger partial charge in [-0.15, -0.1) is 0 Å². The Morgan fingerprint density at radius 2 is 1.55 bits per heavy atom. The second-order valence-corrected chi connectivity index (χ2v) is 3.48. The molecule has 2 N–H and O–H groups in total. The summed E-state index contributed by atoms with van der Waals surface area (Å²) in [5.74, 6) is 0. The van der Waals surface area contributed by atoms with E-state index in [1.807, 2.05) is 0 Å². The molecule has 1 aromatic carbocycles. The first kappa shape index (κ1) is 11.9. The van der Waals surface area contributed by atoms with Crippen LogP contribution in [0.4, 0.5) is 0 Å². The van der Waals surface area contributed by atoms with Gasteiger partial charge in [0.1, 0.15) is 0 Å². The molecule has 0 atom stereocenters. The van der Waals surface area contributed by atoms with Gasteiger partial charge in [-0.3, -0.25) is 4.57 Å². The van der Waals surface area contributed by atoms with Crippen molar-refractivity contribution in [1.29, 1.82) is 0 Å². The third-order valence-corrected chi connectivity index (χ3v) is 2.06. The summed E-state index contributed by atoms with van der Waals surface area (Å²) >= 11 is 0. The van der Waals surface area contributed by atoms with Crippen LogP contribution in [0.3, 0.4) is 0 Å². The molecule has 0 amide bonds. The van der Waals surface area contributed by atoms with E-state index in [1.165, 1.54) is 12.1 Å². The fraction of sp³-hybridized carbons (Fsp3) is 0. The van der Waals surface area contributed by atoms with E-state index in [9.17, 15) is 4.57 Å². The summed E-state index contributed by atoms with van der Waals surface area (Å²) in [7, 11) is -4.02. The molecule has 0 radical (unpaired) electrons. The van der Waals surface area contributed by atoms with Crippen LogP contribution in [-0.2, 0) is 4.57 Å². The number of hydrogen-bond acceptors (Lipinski definition) is 1. The third-order valence-electron chi connectivity index (χ3n) is 1.09. The summed E-state index contributed by atoms with van der Waals surface area (Å²) < 4.78 is 10.5. The fourth-order valence-electron chi connectivity index (χ4n) is 0.622. The molecule has 0 aliphatic rings. The van der Waals surface area contributed by atoms with E-state index < -0.39 is 7.60 Å². The van der Waals surface area contributed by atoms with E-state index >= 15 is 0 Å². The Morgan fingerprint density at radius 3 is 1.82 bits per heavy atom. The second-order valence-electron chi connectivity index (χ2n) is 1.88. The van der Waals surface area contributed by atoms with E-state index in [0.29, 0.717) is 0 Å². The van der Waals surface area contributed by atoms with E-state index in [4.69, 9.17) is 9.79 Å². The van der Waals surface area contributed by atoms with Crippen LogP contribution in [0.5, 0.6) is 0 Å². The predicted molar refractivity (Wildman–Crippen MR) is 46.7 cm³/mol. The Morgan fingerprint density at radius 1 is 1.09 bits per heavy atom. The molecule has 1 aromatic rings. The van der Waals surface area contributed by atoms with Crippen LogP contribution in [0.25, 0.3) is 0 Å². The molecule has 3 nitrogen and oxygen atoms in total. The Hall–Kier alpha value is 0.851. The van der Waals surface area contributed by atoms with Gasteiger partial charge in [-0.05, 0) is 12.1 Å².